The molecule has 31 heavy (non-hydrogen) atoms. The Hall–Kier alpha value is -3.30. The van der Waals surface area contributed by atoms with Gasteiger partial charge < -0.3 is 19.2 Å². The Morgan fingerprint density at radius 3 is 2.45 bits per heavy atom. The second-order valence-corrected chi connectivity index (χ2v) is 8.38. The fourth-order valence-corrected chi connectivity index (χ4v) is 3.93. The van der Waals surface area contributed by atoms with Crippen LogP contribution in [0, 0.1) is 0 Å². The number of benzene rings is 2. The Balaban J connectivity index is 1.57. The summed E-state index contributed by atoms with van der Waals surface area (Å²) in [4.78, 5) is 12.5. The average Bonchev–Trinajstić information content (AvgIpc) is 3.31. The first kappa shape index (κ1) is 22.4. The number of hydrogen-bond donors (Lipinski definition) is 2. The second kappa shape index (κ2) is 10.1. The molecule has 0 aliphatic heterocycles. The zero-order chi connectivity index (χ0) is 22.3. The van der Waals surface area contributed by atoms with Gasteiger partial charge in [-0.25, -0.2) is 13.1 Å². The number of furan rings is 1. The van der Waals surface area contributed by atoms with E-state index in [1.807, 2.05) is 12.1 Å². The summed E-state index contributed by atoms with van der Waals surface area (Å²) in [6, 6.07) is 14.6. The predicted molar refractivity (Wildman–Crippen MR) is 115 cm³/mol. The molecule has 9 heteroatoms. The maximum atomic E-state index is 12.4. The average molecular weight is 445 g/mol. The van der Waals surface area contributed by atoms with E-state index >= 15 is 0 Å². The van der Waals surface area contributed by atoms with Crippen molar-refractivity contribution in [2.45, 2.75) is 17.9 Å². The molecule has 0 aliphatic rings. The van der Waals surface area contributed by atoms with E-state index in [4.69, 9.17) is 13.9 Å². The van der Waals surface area contributed by atoms with Gasteiger partial charge in [0.2, 0.25) is 10.0 Å². The van der Waals surface area contributed by atoms with Gasteiger partial charge in [-0.15, -0.1) is 0 Å². The van der Waals surface area contributed by atoms with Gasteiger partial charge in [-0.05, 0) is 66.6 Å². The van der Waals surface area contributed by atoms with E-state index in [0.29, 0.717) is 35.8 Å². The van der Waals surface area contributed by atoms with Crippen LogP contribution in [0.3, 0.4) is 0 Å². The maximum absolute atomic E-state index is 12.4. The largest absolute Gasteiger partial charge is 0.497 e. The molecular weight excluding hydrogens is 420 g/mol. The summed E-state index contributed by atoms with van der Waals surface area (Å²) in [6.45, 7) is 0.429. The molecule has 0 spiro atoms. The minimum atomic E-state index is -3.71. The molecule has 0 bridgehead atoms. The van der Waals surface area contributed by atoms with E-state index < -0.39 is 10.0 Å². The molecule has 3 rings (SSSR count). The summed E-state index contributed by atoms with van der Waals surface area (Å²) in [5.74, 6) is 1.63. The highest BCUT2D eigenvalue weighted by atomic mass is 32.2. The lowest BCUT2D eigenvalue weighted by atomic mass is 10.1. The molecule has 0 saturated carbocycles. The number of amides is 1. The molecule has 0 saturated heterocycles. The Bertz CT molecular complexity index is 1110. The fourth-order valence-electron chi connectivity index (χ4n) is 2.94. The normalized spacial score (nSPS) is 11.2. The van der Waals surface area contributed by atoms with Gasteiger partial charge in [0.05, 0.1) is 31.9 Å². The molecule has 8 nitrogen and oxygen atoms in total. The summed E-state index contributed by atoms with van der Waals surface area (Å²) in [7, 11) is -0.540. The van der Waals surface area contributed by atoms with Crippen molar-refractivity contribution in [2.24, 2.45) is 0 Å². The van der Waals surface area contributed by atoms with Crippen LogP contribution in [-0.4, -0.2) is 35.1 Å². The molecule has 2 aromatic carbocycles. The standard InChI is InChI=1S/C22H24N2O6S/c1-28-18-7-10-21(29-2)17(14-18)11-12-23-22(25)16-5-8-20(9-6-16)31(26,27)24-15-19-4-3-13-30-19/h3-10,13-14,24H,11-12,15H2,1-2H3,(H,23,25). The molecular formula is C22H24N2O6S. The summed E-state index contributed by atoms with van der Waals surface area (Å²) in [5.41, 5.74) is 1.27. The molecule has 1 aromatic heterocycles. The van der Waals surface area contributed by atoms with Crippen molar-refractivity contribution < 1.29 is 27.1 Å². The highest BCUT2D eigenvalue weighted by Crippen LogP contribution is 2.24. The molecule has 0 radical (unpaired) electrons. The first-order valence-electron chi connectivity index (χ1n) is 9.54. The summed E-state index contributed by atoms with van der Waals surface area (Å²) < 4.78 is 42.9. The number of carbonyl (C=O) groups excluding carboxylic acids is 1. The van der Waals surface area contributed by atoms with E-state index in [9.17, 15) is 13.2 Å². The van der Waals surface area contributed by atoms with Gasteiger partial charge in [0.1, 0.15) is 17.3 Å². The van der Waals surface area contributed by atoms with Crippen molar-refractivity contribution in [1.82, 2.24) is 10.0 Å². The Morgan fingerprint density at radius 2 is 1.81 bits per heavy atom. The highest BCUT2D eigenvalue weighted by molar-refractivity contribution is 7.89. The van der Waals surface area contributed by atoms with Crippen molar-refractivity contribution in [3.63, 3.8) is 0 Å². The van der Waals surface area contributed by atoms with Crippen molar-refractivity contribution in [2.75, 3.05) is 20.8 Å². The van der Waals surface area contributed by atoms with Crippen LogP contribution < -0.4 is 19.5 Å². The van der Waals surface area contributed by atoms with Gasteiger partial charge in [-0.3, -0.25) is 4.79 Å². The van der Waals surface area contributed by atoms with Crippen molar-refractivity contribution in [3.05, 3.63) is 77.7 Å². The number of rotatable bonds is 10. The molecule has 0 unspecified atom stereocenters. The highest BCUT2D eigenvalue weighted by Gasteiger charge is 2.15. The summed E-state index contributed by atoms with van der Waals surface area (Å²) in [5, 5.41) is 2.83. The lowest BCUT2D eigenvalue weighted by Crippen LogP contribution is -2.26. The Labute approximate surface area is 181 Å². The molecule has 0 aliphatic carbocycles. The first-order valence-corrected chi connectivity index (χ1v) is 11.0. The zero-order valence-corrected chi connectivity index (χ0v) is 18.1. The topological polar surface area (TPSA) is 107 Å². The Morgan fingerprint density at radius 1 is 1.03 bits per heavy atom. The molecule has 0 fully saturated rings. The van der Waals surface area contributed by atoms with Gasteiger partial charge in [0, 0.05) is 12.1 Å². The fraction of sp³-hybridized carbons (Fsp3) is 0.227. The second-order valence-electron chi connectivity index (χ2n) is 6.61. The molecule has 1 heterocycles. The third kappa shape index (κ3) is 5.87. The summed E-state index contributed by atoms with van der Waals surface area (Å²) in [6.07, 6.45) is 2.02. The molecule has 164 valence electrons. The van der Waals surface area contributed by atoms with Crippen LogP contribution >= 0.6 is 0 Å². The van der Waals surface area contributed by atoms with Crippen molar-refractivity contribution in [1.29, 1.82) is 0 Å². The number of hydrogen-bond acceptors (Lipinski definition) is 6. The van der Waals surface area contributed by atoms with Crippen molar-refractivity contribution in [3.8, 4) is 11.5 Å². The van der Waals surface area contributed by atoms with Crippen LogP contribution in [0.5, 0.6) is 11.5 Å². The van der Waals surface area contributed by atoms with Crippen LogP contribution in [0.15, 0.2) is 70.2 Å². The van der Waals surface area contributed by atoms with E-state index in [1.54, 1.807) is 32.4 Å². The smallest absolute Gasteiger partial charge is 0.251 e. The van der Waals surface area contributed by atoms with Crippen molar-refractivity contribution >= 4 is 15.9 Å². The molecule has 2 N–H and O–H groups in total. The Kier molecular flexibility index (Phi) is 7.32. The zero-order valence-electron chi connectivity index (χ0n) is 17.3. The van der Waals surface area contributed by atoms with Crippen LogP contribution in [-0.2, 0) is 23.0 Å². The quantitative estimate of drug-likeness (QED) is 0.498. The van der Waals surface area contributed by atoms with Crippen LogP contribution in [0.25, 0.3) is 0 Å². The van der Waals surface area contributed by atoms with Gasteiger partial charge in [0.15, 0.2) is 0 Å². The monoisotopic (exact) mass is 444 g/mol. The van der Waals surface area contributed by atoms with E-state index in [2.05, 4.69) is 10.0 Å². The summed E-state index contributed by atoms with van der Waals surface area (Å²) >= 11 is 0. The lowest BCUT2D eigenvalue weighted by molar-refractivity contribution is 0.0954. The number of methoxy groups -OCH3 is 2. The lowest BCUT2D eigenvalue weighted by Gasteiger charge is -2.11. The minimum absolute atomic E-state index is 0.0469. The van der Waals surface area contributed by atoms with E-state index in [1.165, 1.54) is 30.5 Å². The number of ether oxygens (including phenoxy) is 2. The molecule has 3 aromatic rings. The predicted octanol–water partition coefficient (Wildman–Crippen LogP) is 2.75. The molecule has 1 amide bonds. The SMILES string of the molecule is COc1ccc(OC)c(CCNC(=O)c2ccc(S(=O)(=O)NCc3ccco3)cc2)c1. The van der Waals surface area contributed by atoms with Gasteiger partial charge >= 0.3 is 0 Å². The number of nitrogens with one attached hydrogen (secondary N) is 2. The van der Waals surface area contributed by atoms with Gasteiger partial charge in [0.25, 0.3) is 5.91 Å². The van der Waals surface area contributed by atoms with Crippen LogP contribution in [0.1, 0.15) is 21.7 Å². The minimum Gasteiger partial charge on any atom is -0.497 e. The third-order valence-electron chi connectivity index (χ3n) is 4.61. The van der Waals surface area contributed by atoms with Gasteiger partial charge in [-0.2, -0.15) is 0 Å². The first-order chi connectivity index (χ1) is 14.9. The van der Waals surface area contributed by atoms with Gasteiger partial charge in [-0.1, -0.05) is 0 Å². The van der Waals surface area contributed by atoms with E-state index in [-0.39, 0.29) is 17.3 Å². The number of sulfonamides is 1. The molecule has 0 atom stereocenters. The maximum Gasteiger partial charge on any atom is 0.251 e. The number of carbonyl (C=O) groups is 1. The van der Waals surface area contributed by atoms with Crippen LogP contribution in [0.4, 0.5) is 0 Å². The van der Waals surface area contributed by atoms with E-state index in [0.717, 1.165) is 5.56 Å². The third-order valence-corrected chi connectivity index (χ3v) is 6.03. The van der Waals surface area contributed by atoms with Crippen LogP contribution in [0.2, 0.25) is 0 Å².